The van der Waals surface area contributed by atoms with Crippen LogP contribution in [0.4, 0.5) is 25.8 Å². The first-order valence-corrected chi connectivity index (χ1v) is 17.2. The smallest absolute Gasteiger partial charge is 0.122 e. The highest BCUT2D eigenvalue weighted by Gasteiger charge is 2.15. The van der Waals surface area contributed by atoms with Crippen LogP contribution >= 0.6 is 0 Å². The zero-order valence-electron chi connectivity index (χ0n) is 30.2. The number of nitrogens with one attached hydrogen (secondary N) is 1. The summed E-state index contributed by atoms with van der Waals surface area (Å²) in [5, 5.41) is 3.62. The molecule has 0 aromatic heterocycles. The van der Waals surface area contributed by atoms with Gasteiger partial charge in [-0.15, -0.1) is 0 Å². The fourth-order valence-electron chi connectivity index (χ4n) is 5.39. The Bertz CT molecular complexity index is 1760. The summed E-state index contributed by atoms with van der Waals surface area (Å²) < 4.78 is 27.0. The Hall–Kier alpha value is -5.68. The first-order chi connectivity index (χ1) is 24.7. The lowest BCUT2D eigenvalue weighted by atomic mass is 10.0. The minimum atomic E-state index is -0.535. The van der Waals surface area contributed by atoms with E-state index in [0.717, 1.165) is 46.0 Å². The van der Waals surface area contributed by atoms with Crippen LogP contribution in [0.25, 0.3) is 5.57 Å². The molecule has 2 aromatic rings. The van der Waals surface area contributed by atoms with E-state index in [1.165, 1.54) is 18.2 Å². The van der Waals surface area contributed by atoms with Gasteiger partial charge in [-0.05, 0) is 104 Å². The number of hydrogen-bond donors (Lipinski definition) is 1. The summed E-state index contributed by atoms with van der Waals surface area (Å²) in [7, 11) is 0. The van der Waals surface area contributed by atoms with Crippen LogP contribution in [0, 0.1) is 5.92 Å². The molecule has 264 valence electrons. The van der Waals surface area contributed by atoms with Crippen molar-refractivity contribution in [1.29, 1.82) is 0 Å². The molecule has 2 aromatic carbocycles. The molecular weight excluding hydrogens is 633 g/mol. The van der Waals surface area contributed by atoms with Crippen LogP contribution in [0.1, 0.15) is 32.8 Å². The second kappa shape index (κ2) is 21.4. The number of halogens is 2. The molecule has 0 heterocycles. The minimum Gasteiger partial charge on any atom is -0.378 e. The van der Waals surface area contributed by atoms with Gasteiger partial charge < -0.3 is 15.1 Å². The van der Waals surface area contributed by atoms with Gasteiger partial charge in [-0.25, -0.2) is 8.78 Å². The quantitative estimate of drug-likeness (QED) is 0.125. The number of alkyl halides is 1. The molecule has 3 nitrogen and oxygen atoms in total. The molecule has 1 N–H and O–H groups in total. The first kappa shape index (κ1) is 39.8. The molecule has 0 amide bonds. The molecule has 0 bridgehead atoms. The molecule has 0 radical (unpaired) electrons. The summed E-state index contributed by atoms with van der Waals surface area (Å²) in [5.74, 6) is -0.0576. The molecular formula is C46H51F2N3. The van der Waals surface area contributed by atoms with Crippen molar-refractivity contribution in [2.24, 2.45) is 5.92 Å². The molecule has 0 aliphatic heterocycles. The highest BCUT2D eigenvalue weighted by atomic mass is 19.1. The third-order valence-corrected chi connectivity index (χ3v) is 8.19. The highest BCUT2D eigenvalue weighted by molar-refractivity contribution is 5.75. The molecule has 0 fully saturated rings. The maximum atomic E-state index is 14.0. The van der Waals surface area contributed by atoms with Crippen molar-refractivity contribution in [2.75, 3.05) is 28.3 Å². The Morgan fingerprint density at radius 3 is 2.25 bits per heavy atom. The third-order valence-electron chi connectivity index (χ3n) is 8.19. The van der Waals surface area contributed by atoms with Crippen molar-refractivity contribution in [1.82, 2.24) is 0 Å². The lowest BCUT2D eigenvalue weighted by Gasteiger charge is -2.27. The number of nitrogens with zero attached hydrogens (tertiary/aromatic N) is 2. The average molecular weight is 684 g/mol. The van der Waals surface area contributed by atoms with Gasteiger partial charge in [-0.1, -0.05) is 118 Å². The van der Waals surface area contributed by atoms with Crippen molar-refractivity contribution >= 4 is 22.6 Å². The van der Waals surface area contributed by atoms with Crippen LogP contribution in [0.15, 0.2) is 201 Å². The van der Waals surface area contributed by atoms with Crippen molar-refractivity contribution in [3.63, 3.8) is 0 Å². The fourth-order valence-corrected chi connectivity index (χ4v) is 5.39. The van der Waals surface area contributed by atoms with Crippen LogP contribution in [0.5, 0.6) is 0 Å². The standard InChI is InChI=1S/C46H51F2N3/c1-8-11-12-13-17-35-50(43(10-3)20-18-34-47)44-30-25-40(26-31-44)36(4)22-23-38(6)51(39(7)24-27-41(48)9-2)45-32-28-42(29-33-45)49-46-21-16-14-15-19-37(46)5/h8-13,15-33,37,46,49H,1-2,4,6,14,34-35H2,3,5,7H3/b12-11-,17-13-,20-18-,23-22-,39-24+,41-27+,43-10+. The van der Waals surface area contributed by atoms with Crippen molar-refractivity contribution < 1.29 is 8.78 Å². The second-order valence-corrected chi connectivity index (χ2v) is 11.9. The van der Waals surface area contributed by atoms with E-state index in [4.69, 9.17) is 0 Å². The molecule has 2 atom stereocenters. The van der Waals surface area contributed by atoms with E-state index in [0.29, 0.717) is 18.2 Å². The highest BCUT2D eigenvalue weighted by Crippen LogP contribution is 2.29. The van der Waals surface area contributed by atoms with Gasteiger partial charge in [0.2, 0.25) is 0 Å². The number of benzene rings is 2. The Morgan fingerprint density at radius 1 is 0.882 bits per heavy atom. The maximum Gasteiger partial charge on any atom is 0.122 e. The molecule has 51 heavy (non-hydrogen) atoms. The fraction of sp³-hybridized carbons (Fsp3) is 0.174. The number of allylic oxidation sites excluding steroid dienone is 17. The molecule has 0 saturated carbocycles. The van der Waals surface area contributed by atoms with E-state index in [9.17, 15) is 8.78 Å². The first-order valence-electron chi connectivity index (χ1n) is 17.2. The molecule has 3 rings (SSSR count). The second-order valence-electron chi connectivity index (χ2n) is 11.9. The van der Waals surface area contributed by atoms with Crippen molar-refractivity contribution in [3.05, 3.63) is 207 Å². The van der Waals surface area contributed by atoms with Gasteiger partial charge in [0.15, 0.2) is 0 Å². The summed E-state index contributed by atoms with van der Waals surface area (Å²) in [6, 6.07) is 16.4. The van der Waals surface area contributed by atoms with Gasteiger partial charge in [-0.3, -0.25) is 0 Å². The van der Waals surface area contributed by atoms with E-state index in [2.05, 4.69) is 67.8 Å². The predicted octanol–water partition coefficient (Wildman–Crippen LogP) is 12.7. The number of anilines is 3. The van der Waals surface area contributed by atoms with E-state index in [1.54, 1.807) is 18.2 Å². The van der Waals surface area contributed by atoms with Crippen LogP contribution in [0.3, 0.4) is 0 Å². The van der Waals surface area contributed by atoms with Gasteiger partial charge in [0.1, 0.15) is 12.5 Å². The molecule has 1 aliphatic carbocycles. The Morgan fingerprint density at radius 2 is 1.59 bits per heavy atom. The summed E-state index contributed by atoms with van der Waals surface area (Å²) in [6.07, 6.45) is 32.6. The molecule has 5 heteroatoms. The summed E-state index contributed by atoms with van der Waals surface area (Å²) in [5.41, 5.74) is 6.93. The summed E-state index contributed by atoms with van der Waals surface area (Å²) in [4.78, 5) is 4.08. The van der Waals surface area contributed by atoms with E-state index in [-0.39, 0.29) is 6.04 Å². The normalized spacial score (nSPS) is 17.0. The van der Waals surface area contributed by atoms with Crippen LogP contribution in [0.2, 0.25) is 0 Å². The Kier molecular flexibility index (Phi) is 16.7. The lowest BCUT2D eigenvalue weighted by molar-refractivity contribution is 0.561. The van der Waals surface area contributed by atoms with Crippen molar-refractivity contribution in [3.8, 4) is 0 Å². The number of rotatable bonds is 18. The topological polar surface area (TPSA) is 18.5 Å². The molecule has 0 spiro atoms. The molecule has 2 unspecified atom stereocenters. The number of hydrogen-bond acceptors (Lipinski definition) is 3. The van der Waals surface area contributed by atoms with Crippen molar-refractivity contribution in [2.45, 2.75) is 33.2 Å². The SMILES string of the molecule is C=C/C=C\C=C/CN(C(/C=C\CF)=C/C)c1ccc(C(=C)/C=C\C(=C)N(/C(C)=C/C=C(/F)C=C)c2ccc(NC3C=CCC=CC3C)cc2)cc1. The zero-order chi connectivity index (χ0) is 37.0. The van der Waals surface area contributed by atoms with Gasteiger partial charge in [0, 0.05) is 40.7 Å². The molecule has 1 aliphatic rings. The largest absolute Gasteiger partial charge is 0.378 e. The Balaban J connectivity index is 1.85. The molecule has 0 saturated heterocycles. The summed E-state index contributed by atoms with van der Waals surface area (Å²) in [6.45, 7) is 22.0. The summed E-state index contributed by atoms with van der Waals surface area (Å²) >= 11 is 0. The average Bonchev–Trinajstić information content (AvgIpc) is 3.35. The van der Waals surface area contributed by atoms with E-state index < -0.39 is 12.5 Å². The van der Waals surface area contributed by atoms with Gasteiger partial charge in [-0.2, -0.15) is 0 Å². The van der Waals surface area contributed by atoms with Gasteiger partial charge in [0.05, 0.1) is 6.04 Å². The minimum absolute atomic E-state index is 0.199. The van der Waals surface area contributed by atoms with Crippen LogP contribution in [-0.2, 0) is 0 Å². The predicted molar refractivity (Wildman–Crippen MR) is 220 cm³/mol. The van der Waals surface area contributed by atoms with Crippen LogP contribution in [-0.4, -0.2) is 19.3 Å². The van der Waals surface area contributed by atoms with Crippen LogP contribution < -0.4 is 15.1 Å². The maximum absolute atomic E-state index is 14.0. The monoisotopic (exact) mass is 683 g/mol. The van der Waals surface area contributed by atoms with E-state index in [1.807, 2.05) is 110 Å². The van der Waals surface area contributed by atoms with Gasteiger partial charge in [0.25, 0.3) is 0 Å². The third kappa shape index (κ3) is 12.6. The lowest BCUT2D eigenvalue weighted by Crippen LogP contribution is -2.23. The zero-order valence-corrected chi connectivity index (χ0v) is 30.2. The van der Waals surface area contributed by atoms with E-state index >= 15 is 0 Å². The van der Waals surface area contributed by atoms with Gasteiger partial charge >= 0.3 is 0 Å². The Labute approximate surface area is 304 Å².